The van der Waals surface area contributed by atoms with E-state index in [1.54, 1.807) is 0 Å². The fourth-order valence-corrected chi connectivity index (χ4v) is 7.15. The van der Waals surface area contributed by atoms with Crippen molar-refractivity contribution in [2.24, 2.45) is 0 Å². The van der Waals surface area contributed by atoms with E-state index in [-0.39, 0.29) is 0 Å². The van der Waals surface area contributed by atoms with Crippen molar-refractivity contribution < 1.29 is 8.83 Å². The standard InChI is InChI=1S/C44H27N3O2/c1-26-22-24-27(25-23-26)42-45-43(47-44(46-42)35-17-9-21-39-41(35)34-11-3-5-19-37(34)49-39)32-16-7-12-28-29(13-6-14-30(28)32)31-15-8-20-38-40(31)33-10-2-4-18-36(33)48-38/h2-25H,1H3. The van der Waals surface area contributed by atoms with Crippen LogP contribution in [0.2, 0.25) is 0 Å². The van der Waals surface area contributed by atoms with Crippen molar-refractivity contribution in [1.29, 1.82) is 0 Å². The number of benzene rings is 7. The summed E-state index contributed by atoms with van der Waals surface area (Å²) in [6.45, 7) is 2.08. The van der Waals surface area contributed by atoms with Gasteiger partial charge in [-0.2, -0.15) is 0 Å². The third kappa shape index (κ3) is 4.36. The van der Waals surface area contributed by atoms with Crippen molar-refractivity contribution in [2.75, 3.05) is 0 Å². The quantitative estimate of drug-likeness (QED) is 0.194. The number of para-hydroxylation sites is 2. The van der Waals surface area contributed by atoms with Crippen LogP contribution in [0.5, 0.6) is 0 Å². The van der Waals surface area contributed by atoms with E-state index in [1.165, 1.54) is 5.56 Å². The van der Waals surface area contributed by atoms with Gasteiger partial charge in [0.05, 0.1) is 0 Å². The Morgan fingerprint density at radius 3 is 1.47 bits per heavy atom. The van der Waals surface area contributed by atoms with Gasteiger partial charge in [-0.1, -0.05) is 127 Å². The topological polar surface area (TPSA) is 65.0 Å². The maximum Gasteiger partial charge on any atom is 0.164 e. The van der Waals surface area contributed by atoms with Gasteiger partial charge < -0.3 is 8.83 Å². The number of hydrogen-bond donors (Lipinski definition) is 0. The molecule has 0 amide bonds. The van der Waals surface area contributed by atoms with Crippen molar-refractivity contribution in [1.82, 2.24) is 15.0 Å². The van der Waals surface area contributed by atoms with Gasteiger partial charge in [-0.3, -0.25) is 0 Å². The second-order valence-electron chi connectivity index (χ2n) is 12.4. The summed E-state index contributed by atoms with van der Waals surface area (Å²) in [5.74, 6) is 1.83. The summed E-state index contributed by atoms with van der Waals surface area (Å²) in [6.07, 6.45) is 0. The first-order valence-corrected chi connectivity index (χ1v) is 16.4. The van der Waals surface area contributed by atoms with Crippen molar-refractivity contribution >= 4 is 54.6 Å². The molecular weight excluding hydrogens is 603 g/mol. The van der Waals surface area contributed by atoms with E-state index in [4.69, 9.17) is 23.8 Å². The Morgan fingerprint density at radius 2 is 0.796 bits per heavy atom. The summed E-state index contributed by atoms with van der Waals surface area (Å²) >= 11 is 0. The highest BCUT2D eigenvalue weighted by molar-refractivity contribution is 6.16. The monoisotopic (exact) mass is 629 g/mol. The number of rotatable bonds is 4. The molecule has 49 heavy (non-hydrogen) atoms. The van der Waals surface area contributed by atoms with Crippen LogP contribution in [0.1, 0.15) is 5.56 Å². The lowest BCUT2D eigenvalue weighted by Gasteiger charge is -2.13. The lowest BCUT2D eigenvalue weighted by Crippen LogP contribution is -2.01. The molecule has 0 unspecified atom stereocenters. The summed E-state index contributed by atoms with van der Waals surface area (Å²) in [6, 6.07) is 49.8. The largest absolute Gasteiger partial charge is 0.456 e. The van der Waals surface area contributed by atoms with Crippen LogP contribution in [-0.2, 0) is 0 Å². The van der Waals surface area contributed by atoms with Crippen LogP contribution in [0.25, 0.3) is 99.9 Å². The minimum atomic E-state index is 0.598. The molecule has 5 nitrogen and oxygen atoms in total. The molecule has 10 rings (SSSR count). The van der Waals surface area contributed by atoms with Gasteiger partial charge in [-0.25, -0.2) is 15.0 Å². The molecule has 7 aromatic carbocycles. The zero-order chi connectivity index (χ0) is 32.5. The fourth-order valence-electron chi connectivity index (χ4n) is 7.15. The summed E-state index contributed by atoms with van der Waals surface area (Å²) in [4.78, 5) is 15.4. The molecule has 0 N–H and O–H groups in total. The van der Waals surface area contributed by atoms with Gasteiger partial charge in [0.1, 0.15) is 22.3 Å². The third-order valence-corrected chi connectivity index (χ3v) is 9.44. The molecule has 5 heteroatoms. The van der Waals surface area contributed by atoms with Crippen LogP contribution in [-0.4, -0.2) is 15.0 Å². The van der Waals surface area contributed by atoms with Crippen LogP contribution in [0.15, 0.2) is 154 Å². The molecule has 0 aliphatic heterocycles. The second kappa shape index (κ2) is 10.7. The number of aryl methyl sites for hydroxylation is 1. The van der Waals surface area contributed by atoms with Gasteiger partial charge in [-0.05, 0) is 53.1 Å². The Morgan fingerprint density at radius 1 is 0.347 bits per heavy atom. The van der Waals surface area contributed by atoms with Crippen molar-refractivity contribution in [3.8, 4) is 45.3 Å². The first kappa shape index (κ1) is 27.5. The van der Waals surface area contributed by atoms with Crippen LogP contribution >= 0.6 is 0 Å². The second-order valence-corrected chi connectivity index (χ2v) is 12.4. The van der Waals surface area contributed by atoms with Gasteiger partial charge in [0.25, 0.3) is 0 Å². The first-order valence-electron chi connectivity index (χ1n) is 16.4. The predicted molar refractivity (Wildman–Crippen MR) is 198 cm³/mol. The average molecular weight is 630 g/mol. The minimum absolute atomic E-state index is 0.598. The molecule has 0 bridgehead atoms. The van der Waals surface area contributed by atoms with E-state index < -0.39 is 0 Å². The highest BCUT2D eigenvalue weighted by atomic mass is 16.3. The van der Waals surface area contributed by atoms with E-state index in [0.29, 0.717) is 17.5 Å². The average Bonchev–Trinajstić information content (AvgIpc) is 3.73. The normalized spacial score (nSPS) is 11.8. The number of aromatic nitrogens is 3. The van der Waals surface area contributed by atoms with Crippen LogP contribution in [0, 0.1) is 6.92 Å². The maximum atomic E-state index is 6.26. The Kier molecular flexibility index (Phi) is 6.02. The lowest BCUT2D eigenvalue weighted by molar-refractivity contribution is 0.668. The molecule has 0 saturated carbocycles. The van der Waals surface area contributed by atoms with Crippen LogP contribution < -0.4 is 0 Å². The van der Waals surface area contributed by atoms with Crippen molar-refractivity contribution in [3.63, 3.8) is 0 Å². The molecule has 3 aromatic heterocycles. The van der Waals surface area contributed by atoms with E-state index in [2.05, 4.69) is 104 Å². The van der Waals surface area contributed by atoms with E-state index in [9.17, 15) is 0 Å². The Balaban J connectivity index is 1.23. The van der Waals surface area contributed by atoms with Crippen LogP contribution in [0.4, 0.5) is 0 Å². The summed E-state index contributed by atoms with van der Waals surface area (Å²) in [5.41, 5.74) is 9.58. The molecular formula is C44H27N3O2. The molecule has 0 aliphatic carbocycles. The summed E-state index contributed by atoms with van der Waals surface area (Å²) in [7, 11) is 0. The molecule has 0 radical (unpaired) electrons. The molecule has 230 valence electrons. The number of furan rings is 2. The van der Waals surface area contributed by atoms with Gasteiger partial charge >= 0.3 is 0 Å². The van der Waals surface area contributed by atoms with E-state index in [1.807, 2.05) is 48.5 Å². The Labute approximate surface area is 281 Å². The van der Waals surface area contributed by atoms with Crippen molar-refractivity contribution in [2.45, 2.75) is 6.92 Å². The van der Waals surface area contributed by atoms with Crippen LogP contribution in [0.3, 0.4) is 0 Å². The highest BCUT2D eigenvalue weighted by Gasteiger charge is 2.20. The number of nitrogens with zero attached hydrogens (tertiary/aromatic N) is 3. The van der Waals surface area contributed by atoms with Gasteiger partial charge in [0, 0.05) is 38.2 Å². The van der Waals surface area contributed by atoms with Crippen molar-refractivity contribution in [3.05, 3.63) is 151 Å². The predicted octanol–water partition coefficient (Wildman–Crippen LogP) is 11.8. The van der Waals surface area contributed by atoms with E-state index >= 15 is 0 Å². The lowest BCUT2D eigenvalue weighted by atomic mass is 9.93. The van der Waals surface area contributed by atoms with E-state index in [0.717, 1.165) is 82.5 Å². The molecule has 0 fully saturated rings. The third-order valence-electron chi connectivity index (χ3n) is 9.44. The first-order chi connectivity index (χ1) is 24.2. The van der Waals surface area contributed by atoms with Gasteiger partial charge in [-0.15, -0.1) is 0 Å². The molecule has 0 aliphatic rings. The smallest absolute Gasteiger partial charge is 0.164 e. The van der Waals surface area contributed by atoms with Gasteiger partial charge in [0.15, 0.2) is 17.5 Å². The molecule has 0 spiro atoms. The van der Waals surface area contributed by atoms with Gasteiger partial charge in [0.2, 0.25) is 0 Å². The number of fused-ring (bicyclic) bond motifs is 7. The maximum absolute atomic E-state index is 6.26. The zero-order valence-corrected chi connectivity index (χ0v) is 26.5. The molecule has 3 heterocycles. The molecule has 0 atom stereocenters. The fraction of sp³-hybridized carbons (Fsp3) is 0.0227. The zero-order valence-electron chi connectivity index (χ0n) is 26.5. The number of hydrogen-bond acceptors (Lipinski definition) is 5. The SMILES string of the molecule is Cc1ccc(-c2nc(-c3cccc4c(-c5cccc6oc7ccccc7c56)cccc34)nc(-c3cccc4oc5ccccc5c34)n2)cc1. The Hall–Kier alpha value is -6.59. The molecule has 0 saturated heterocycles. The highest BCUT2D eigenvalue weighted by Crippen LogP contribution is 2.41. The summed E-state index contributed by atoms with van der Waals surface area (Å²) < 4.78 is 12.5. The molecule has 10 aromatic rings. The summed E-state index contributed by atoms with van der Waals surface area (Å²) in [5, 5.41) is 6.41. The minimum Gasteiger partial charge on any atom is -0.456 e. The Bertz CT molecular complexity index is 2900.